The van der Waals surface area contributed by atoms with E-state index in [0.29, 0.717) is 27.8 Å². The highest BCUT2D eigenvalue weighted by atomic mass is 35.5. The fourth-order valence-corrected chi connectivity index (χ4v) is 2.55. The Balaban J connectivity index is 1.64. The molecule has 3 amide bonds. The molecule has 8 heteroatoms. The van der Waals surface area contributed by atoms with Gasteiger partial charge in [-0.05, 0) is 41.5 Å². The average molecular weight is 387 g/mol. The second-order valence-corrected chi connectivity index (χ2v) is 6.19. The number of benzene rings is 2. The van der Waals surface area contributed by atoms with Gasteiger partial charge in [-0.15, -0.1) is 0 Å². The highest BCUT2D eigenvalue weighted by Gasteiger charge is 2.34. The molecule has 1 saturated heterocycles. The van der Waals surface area contributed by atoms with E-state index in [2.05, 4.69) is 5.32 Å². The van der Waals surface area contributed by atoms with Crippen molar-refractivity contribution in [2.75, 3.05) is 6.54 Å². The summed E-state index contributed by atoms with van der Waals surface area (Å²) in [5.74, 6) is -1.30. The maximum absolute atomic E-state index is 12.1. The van der Waals surface area contributed by atoms with Gasteiger partial charge in [-0.1, -0.05) is 35.9 Å². The number of hydrogen-bond donors (Lipinski definition) is 2. The van der Waals surface area contributed by atoms with Gasteiger partial charge in [0.25, 0.3) is 5.91 Å². The van der Waals surface area contributed by atoms with Gasteiger partial charge in [-0.2, -0.15) is 0 Å². The first-order valence-electron chi connectivity index (χ1n) is 7.96. The Labute approximate surface area is 159 Å². The van der Waals surface area contributed by atoms with Crippen molar-refractivity contribution in [3.05, 3.63) is 70.4 Å². The molecule has 0 unspecified atom stereocenters. The number of nitrogens with zero attached hydrogens (tertiary/aromatic N) is 1. The van der Waals surface area contributed by atoms with Crippen LogP contribution in [0.3, 0.4) is 0 Å². The first-order valence-corrected chi connectivity index (χ1v) is 8.34. The van der Waals surface area contributed by atoms with E-state index in [-0.39, 0.29) is 5.70 Å². The van der Waals surface area contributed by atoms with Crippen LogP contribution in [0.25, 0.3) is 6.08 Å². The van der Waals surface area contributed by atoms with Crippen LogP contribution in [0.1, 0.15) is 11.1 Å². The third-order valence-electron chi connectivity index (χ3n) is 3.77. The molecule has 7 nitrogen and oxygen atoms in total. The van der Waals surface area contributed by atoms with Crippen LogP contribution in [0.5, 0.6) is 5.75 Å². The monoisotopic (exact) mass is 386 g/mol. The van der Waals surface area contributed by atoms with E-state index >= 15 is 0 Å². The Morgan fingerprint density at radius 2 is 1.78 bits per heavy atom. The summed E-state index contributed by atoms with van der Waals surface area (Å²) in [6.07, 6.45) is 1.48. The third kappa shape index (κ3) is 4.65. The molecular weight excluding hydrogens is 372 g/mol. The zero-order valence-corrected chi connectivity index (χ0v) is 14.8. The van der Waals surface area contributed by atoms with Crippen molar-refractivity contribution in [3.8, 4) is 5.75 Å². The molecule has 0 aromatic heterocycles. The Kier molecular flexibility index (Phi) is 5.42. The maximum Gasteiger partial charge on any atom is 0.329 e. The van der Waals surface area contributed by atoms with Gasteiger partial charge in [0.15, 0.2) is 0 Å². The van der Waals surface area contributed by atoms with E-state index in [1.165, 1.54) is 6.08 Å². The largest absolute Gasteiger partial charge is 0.489 e. The van der Waals surface area contributed by atoms with Gasteiger partial charge >= 0.3 is 12.0 Å². The molecule has 3 rings (SSSR count). The smallest absolute Gasteiger partial charge is 0.329 e. The molecule has 1 aliphatic heterocycles. The third-order valence-corrected chi connectivity index (χ3v) is 4.02. The first-order chi connectivity index (χ1) is 12.9. The topological polar surface area (TPSA) is 95.9 Å². The predicted molar refractivity (Wildman–Crippen MR) is 98.1 cm³/mol. The molecule has 2 aromatic carbocycles. The number of carboxylic acid groups (broad SMARTS) is 1. The lowest BCUT2D eigenvalue weighted by Gasteiger charge is -2.07. The standard InChI is InChI=1S/C19H15ClN2O5/c20-14-5-1-13(2-6-14)11-27-15-7-3-12(4-8-15)9-16-18(25)22(10-17(23)24)19(26)21-16/h1-9H,10-11H2,(H,21,26)(H,23,24)/b16-9+. The molecule has 0 aliphatic carbocycles. The number of imide groups is 1. The van der Waals surface area contributed by atoms with Crippen LogP contribution < -0.4 is 10.1 Å². The van der Waals surface area contributed by atoms with Crippen LogP contribution in [0.2, 0.25) is 5.02 Å². The summed E-state index contributed by atoms with van der Waals surface area (Å²) in [6, 6.07) is 13.5. The molecule has 2 aromatic rings. The van der Waals surface area contributed by atoms with Gasteiger partial charge < -0.3 is 15.2 Å². The SMILES string of the molecule is O=C(O)CN1C(=O)N/C(=C/c2ccc(OCc3ccc(Cl)cc3)cc2)C1=O. The minimum atomic E-state index is -1.26. The van der Waals surface area contributed by atoms with Crippen LogP contribution in [-0.2, 0) is 16.2 Å². The number of nitrogens with one attached hydrogen (secondary N) is 1. The van der Waals surface area contributed by atoms with Crippen molar-refractivity contribution in [2.24, 2.45) is 0 Å². The van der Waals surface area contributed by atoms with E-state index in [9.17, 15) is 14.4 Å². The molecule has 1 aliphatic rings. The molecule has 0 saturated carbocycles. The molecule has 0 radical (unpaired) electrons. The lowest BCUT2D eigenvalue weighted by Crippen LogP contribution is -2.35. The Morgan fingerprint density at radius 3 is 2.41 bits per heavy atom. The summed E-state index contributed by atoms with van der Waals surface area (Å²) in [4.78, 5) is 35.1. The second kappa shape index (κ2) is 7.92. The molecule has 1 heterocycles. The fraction of sp³-hybridized carbons (Fsp3) is 0.105. The highest BCUT2D eigenvalue weighted by molar-refractivity contribution is 6.30. The average Bonchev–Trinajstić information content (AvgIpc) is 2.89. The Morgan fingerprint density at radius 1 is 1.11 bits per heavy atom. The second-order valence-electron chi connectivity index (χ2n) is 5.76. The highest BCUT2D eigenvalue weighted by Crippen LogP contribution is 2.18. The predicted octanol–water partition coefficient (Wildman–Crippen LogP) is 2.90. The van der Waals surface area contributed by atoms with Gasteiger partial charge in [-0.3, -0.25) is 9.59 Å². The zero-order valence-electron chi connectivity index (χ0n) is 14.0. The van der Waals surface area contributed by atoms with Gasteiger partial charge in [0.05, 0.1) is 0 Å². The summed E-state index contributed by atoms with van der Waals surface area (Å²) < 4.78 is 5.68. The molecule has 0 spiro atoms. The number of amides is 3. The van der Waals surface area contributed by atoms with Crippen molar-refractivity contribution in [1.82, 2.24) is 10.2 Å². The van der Waals surface area contributed by atoms with Gasteiger partial charge in [-0.25, -0.2) is 9.69 Å². The van der Waals surface area contributed by atoms with Crippen molar-refractivity contribution in [1.29, 1.82) is 0 Å². The zero-order chi connectivity index (χ0) is 19.4. The quantitative estimate of drug-likeness (QED) is 0.588. The van der Waals surface area contributed by atoms with E-state index in [0.717, 1.165) is 5.56 Å². The maximum atomic E-state index is 12.1. The van der Waals surface area contributed by atoms with Crippen molar-refractivity contribution < 1.29 is 24.2 Å². The summed E-state index contributed by atoms with van der Waals surface area (Å²) in [7, 11) is 0. The van der Waals surface area contributed by atoms with E-state index in [1.54, 1.807) is 36.4 Å². The number of halogens is 1. The normalized spacial score (nSPS) is 15.1. The van der Waals surface area contributed by atoms with Crippen molar-refractivity contribution in [2.45, 2.75) is 6.61 Å². The number of ether oxygens (including phenoxy) is 1. The number of aliphatic carboxylic acids is 1. The fourth-order valence-electron chi connectivity index (χ4n) is 2.42. The summed E-state index contributed by atoms with van der Waals surface area (Å²) in [6.45, 7) is -0.296. The minimum Gasteiger partial charge on any atom is -0.489 e. The van der Waals surface area contributed by atoms with Crippen molar-refractivity contribution >= 4 is 35.6 Å². The van der Waals surface area contributed by atoms with E-state index in [4.69, 9.17) is 21.4 Å². The number of hydrogen-bond acceptors (Lipinski definition) is 4. The molecular formula is C19H15ClN2O5. The lowest BCUT2D eigenvalue weighted by molar-refractivity contribution is -0.140. The molecule has 1 fully saturated rings. The first kappa shape index (κ1) is 18.5. The summed E-state index contributed by atoms with van der Waals surface area (Å²) >= 11 is 5.84. The van der Waals surface area contributed by atoms with Gasteiger partial charge in [0.2, 0.25) is 0 Å². The van der Waals surface area contributed by atoms with Gasteiger partial charge in [0, 0.05) is 5.02 Å². The number of carbonyl (C=O) groups excluding carboxylic acids is 2. The summed E-state index contributed by atoms with van der Waals surface area (Å²) in [5, 5.41) is 11.8. The number of carbonyl (C=O) groups is 3. The lowest BCUT2D eigenvalue weighted by atomic mass is 10.2. The molecule has 138 valence electrons. The van der Waals surface area contributed by atoms with E-state index in [1.807, 2.05) is 12.1 Å². The van der Waals surface area contributed by atoms with Crippen LogP contribution in [0.15, 0.2) is 54.2 Å². The van der Waals surface area contributed by atoms with Crippen molar-refractivity contribution in [3.63, 3.8) is 0 Å². The number of rotatable bonds is 6. The molecule has 2 N–H and O–H groups in total. The Bertz CT molecular complexity index is 907. The number of carboxylic acids is 1. The van der Waals surface area contributed by atoms with Gasteiger partial charge in [0.1, 0.15) is 24.6 Å². The van der Waals surface area contributed by atoms with Crippen LogP contribution in [0.4, 0.5) is 4.79 Å². The Hall–Kier alpha value is -3.32. The van der Waals surface area contributed by atoms with E-state index < -0.39 is 24.5 Å². The molecule has 0 bridgehead atoms. The van der Waals surface area contributed by atoms with Crippen LogP contribution in [0, 0.1) is 0 Å². The van der Waals surface area contributed by atoms with Crippen LogP contribution in [-0.4, -0.2) is 34.5 Å². The summed E-state index contributed by atoms with van der Waals surface area (Å²) in [5.41, 5.74) is 1.66. The number of urea groups is 1. The van der Waals surface area contributed by atoms with Crippen LogP contribution >= 0.6 is 11.6 Å². The molecule has 27 heavy (non-hydrogen) atoms. The minimum absolute atomic E-state index is 0.0242. The molecule has 0 atom stereocenters.